The summed E-state index contributed by atoms with van der Waals surface area (Å²) in [7, 11) is -18.7. The number of nitrogens with one attached hydrogen (secondary N) is 3. The molecule has 0 fully saturated rings. The minimum Gasteiger partial charge on any atom is -0.329 e. The van der Waals surface area contributed by atoms with E-state index in [-0.39, 0.29) is 0 Å². The van der Waals surface area contributed by atoms with E-state index in [1.54, 1.807) is 0 Å². The molecule has 0 saturated heterocycles. The van der Waals surface area contributed by atoms with Crippen LogP contribution in [0.15, 0.2) is 0 Å². The standard InChI is InChI=1S/C9H24N4.4H2O4S/c1-9(2)13-8-7-12-6-5-11-4-3-10;4*1-5(2,3)4/h9,11-13H,3-8,10H2,1-2H3;4*(H2,1,2,3,4). The maximum atomic E-state index is 8.74. The Kier molecular flexibility index (Phi) is 29.7. The van der Waals surface area contributed by atoms with Gasteiger partial charge in [-0.1, -0.05) is 13.8 Å². The summed E-state index contributed by atoms with van der Waals surface area (Å²) in [6.07, 6.45) is 0. The molecule has 0 saturated carbocycles. The lowest BCUT2D eigenvalue weighted by Crippen LogP contribution is -2.35. The van der Waals surface area contributed by atoms with E-state index in [0.717, 1.165) is 39.3 Å². The molecule has 24 heteroatoms. The molecule has 0 bridgehead atoms. The fraction of sp³-hybridized carbons (Fsp3) is 1.00. The van der Waals surface area contributed by atoms with Crippen molar-refractivity contribution in [1.29, 1.82) is 0 Å². The first-order chi connectivity index (χ1) is 14.3. The SMILES string of the molecule is CC(C)NCCNCCNCCN.O=S(=O)(O)O.O=S(=O)(O)O.O=S(=O)(O)O.O=S(=O)(O)O. The number of hydrogen-bond donors (Lipinski definition) is 12. The Morgan fingerprint density at radius 1 is 0.545 bits per heavy atom. The van der Waals surface area contributed by atoms with Crippen LogP contribution in [-0.2, 0) is 41.6 Å². The van der Waals surface area contributed by atoms with Crippen molar-refractivity contribution in [3.63, 3.8) is 0 Å². The van der Waals surface area contributed by atoms with E-state index in [9.17, 15) is 0 Å². The summed E-state index contributed by atoms with van der Waals surface area (Å²) in [5.41, 5.74) is 5.33. The highest BCUT2D eigenvalue weighted by Crippen LogP contribution is 1.72. The van der Waals surface area contributed by atoms with E-state index >= 15 is 0 Å². The fourth-order valence-electron chi connectivity index (χ4n) is 0.978. The number of hydrogen-bond acceptors (Lipinski definition) is 12. The van der Waals surface area contributed by atoms with Crippen LogP contribution in [0.4, 0.5) is 0 Å². The number of rotatable bonds is 9. The zero-order chi connectivity index (χ0) is 27.9. The molecule has 0 spiro atoms. The average molecular weight is 581 g/mol. The molecular formula is C9H32N4O16S4. The van der Waals surface area contributed by atoms with E-state index in [1.165, 1.54) is 0 Å². The van der Waals surface area contributed by atoms with E-state index in [0.29, 0.717) is 6.04 Å². The Labute approximate surface area is 192 Å². The van der Waals surface area contributed by atoms with Crippen molar-refractivity contribution in [3.05, 3.63) is 0 Å². The molecule has 208 valence electrons. The highest BCUT2D eigenvalue weighted by molar-refractivity contribution is 7.80. The van der Waals surface area contributed by atoms with Crippen LogP contribution in [0.1, 0.15) is 13.8 Å². The minimum atomic E-state index is -4.67. The molecular weight excluding hydrogens is 548 g/mol. The molecule has 0 unspecified atom stereocenters. The molecule has 0 aliphatic carbocycles. The van der Waals surface area contributed by atoms with Gasteiger partial charge in [0.1, 0.15) is 0 Å². The molecule has 0 aliphatic heterocycles. The second kappa shape index (κ2) is 23.1. The van der Waals surface area contributed by atoms with Crippen molar-refractivity contribution in [3.8, 4) is 0 Å². The Morgan fingerprint density at radius 2 is 0.758 bits per heavy atom. The largest absolute Gasteiger partial charge is 0.394 e. The van der Waals surface area contributed by atoms with Crippen molar-refractivity contribution in [2.75, 3.05) is 39.3 Å². The van der Waals surface area contributed by atoms with Gasteiger partial charge in [0, 0.05) is 45.3 Å². The van der Waals surface area contributed by atoms with Gasteiger partial charge >= 0.3 is 41.6 Å². The molecule has 0 aromatic heterocycles. The van der Waals surface area contributed by atoms with Crippen LogP contribution in [-0.4, -0.2) is 115 Å². The number of nitrogens with two attached hydrogens (primary N) is 1. The zero-order valence-corrected chi connectivity index (χ0v) is 20.6. The predicted octanol–water partition coefficient (Wildman–Crippen LogP) is -3.49. The summed E-state index contributed by atoms with van der Waals surface area (Å²) < 4.78 is 126. The monoisotopic (exact) mass is 580 g/mol. The Hall–Kier alpha value is -0.680. The summed E-state index contributed by atoms with van der Waals surface area (Å²) in [5, 5.41) is 9.91. The molecule has 0 aromatic carbocycles. The highest BCUT2D eigenvalue weighted by atomic mass is 32.3. The molecule has 0 heterocycles. The lowest BCUT2D eigenvalue weighted by atomic mass is 10.4. The normalized spacial score (nSPS) is 11.4. The smallest absolute Gasteiger partial charge is 0.329 e. The van der Waals surface area contributed by atoms with Crippen LogP contribution in [0, 0.1) is 0 Å². The average Bonchev–Trinajstić information content (AvgIpc) is 2.42. The topological polar surface area (TPSA) is 361 Å². The van der Waals surface area contributed by atoms with Crippen LogP contribution in [0.2, 0.25) is 0 Å². The maximum Gasteiger partial charge on any atom is 0.394 e. The van der Waals surface area contributed by atoms with E-state index < -0.39 is 41.6 Å². The van der Waals surface area contributed by atoms with Gasteiger partial charge in [0.05, 0.1) is 0 Å². The van der Waals surface area contributed by atoms with Gasteiger partial charge in [-0.15, -0.1) is 0 Å². The summed E-state index contributed by atoms with van der Waals surface area (Å²) >= 11 is 0. The molecule has 0 radical (unpaired) electrons. The second-order valence-corrected chi connectivity index (χ2v) is 8.77. The summed E-state index contributed by atoms with van der Waals surface area (Å²) in [6, 6.07) is 0.581. The van der Waals surface area contributed by atoms with Gasteiger partial charge in [0.2, 0.25) is 0 Å². The third-order valence-corrected chi connectivity index (χ3v) is 1.65. The van der Waals surface area contributed by atoms with Crippen molar-refractivity contribution in [2.24, 2.45) is 5.73 Å². The van der Waals surface area contributed by atoms with Gasteiger partial charge in [-0.2, -0.15) is 33.7 Å². The first kappa shape index (κ1) is 42.5. The van der Waals surface area contributed by atoms with Crippen molar-refractivity contribution < 1.29 is 70.1 Å². The van der Waals surface area contributed by atoms with Gasteiger partial charge in [-0.05, 0) is 0 Å². The van der Waals surface area contributed by atoms with Gasteiger partial charge in [-0.25, -0.2) is 0 Å². The highest BCUT2D eigenvalue weighted by Gasteiger charge is 1.91. The second-order valence-electron chi connectivity index (χ2n) is 5.19. The molecule has 13 N–H and O–H groups in total. The Bertz CT molecular complexity index is 688. The van der Waals surface area contributed by atoms with Crippen LogP contribution in [0.25, 0.3) is 0 Å². The molecule has 0 aliphatic rings. The zero-order valence-electron chi connectivity index (χ0n) is 17.4. The first-order valence-electron chi connectivity index (χ1n) is 7.91. The predicted molar refractivity (Wildman–Crippen MR) is 115 cm³/mol. The van der Waals surface area contributed by atoms with E-state index in [2.05, 4.69) is 29.8 Å². The fourth-order valence-corrected chi connectivity index (χ4v) is 0.978. The van der Waals surface area contributed by atoms with Gasteiger partial charge in [-0.3, -0.25) is 36.4 Å². The Morgan fingerprint density at radius 3 is 0.970 bits per heavy atom. The van der Waals surface area contributed by atoms with Crippen LogP contribution < -0.4 is 21.7 Å². The van der Waals surface area contributed by atoms with E-state index in [1.807, 2.05) is 0 Å². The third kappa shape index (κ3) is 310. The third-order valence-electron chi connectivity index (χ3n) is 1.65. The van der Waals surface area contributed by atoms with Crippen LogP contribution in [0.5, 0.6) is 0 Å². The van der Waals surface area contributed by atoms with Gasteiger partial charge < -0.3 is 21.7 Å². The maximum absolute atomic E-state index is 8.74. The van der Waals surface area contributed by atoms with Crippen molar-refractivity contribution >= 4 is 41.6 Å². The first-order valence-corrected chi connectivity index (χ1v) is 13.5. The van der Waals surface area contributed by atoms with E-state index in [4.69, 9.17) is 75.8 Å². The Balaban J connectivity index is -0.000000109. The van der Waals surface area contributed by atoms with Gasteiger partial charge in [0.25, 0.3) is 0 Å². The molecule has 0 atom stereocenters. The lowest BCUT2D eigenvalue weighted by Gasteiger charge is -2.09. The molecule has 33 heavy (non-hydrogen) atoms. The minimum absolute atomic E-state index is 0.581. The summed E-state index contributed by atoms with van der Waals surface area (Å²) in [4.78, 5) is 0. The summed E-state index contributed by atoms with van der Waals surface area (Å²) in [6.45, 7) is 10.0. The molecule has 0 amide bonds. The lowest BCUT2D eigenvalue weighted by molar-refractivity contribution is 0.378. The molecule has 20 nitrogen and oxygen atoms in total. The van der Waals surface area contributed by atoms with Crippen LogP contribution in [0.3, 0.4) is 0 Å². The molecule has 0 rings (SSSR count). The van der Waals surface area contributed by atoms with Crippen molar-refractivity contribution in [2.45, 2.75) is 19.9 Å². The van der Waals surface area contributed by atoms with Crippen LogP contribution >= 0.6 is 0 Å². The summed E-state index contributed by atoms with van der Waals surface area (Å²) in [5.74, 6) is 0. The van der Waals surface area contributed by atoms with Crippen molar-refractivity contribution in [1.82, 2.24) is 16.0 Å². The van der Waals surface area contributed by atoms with Gasteiger partial charge in [0.15, 0.2) is 0 Å². The quantitative estimate of drug-likeness (QED) is 0.0929. The molecule has 0 aromatic rings.